The van der Waals surface area contributed by atoms with Crippen molar-refractivity contribution in [1.82, 2.24) is 10.2 Å². The molecule has 1 aliphatic heterocycles. The fraction of sp³-hybridized carbons (Fsp3) is 0.562. The van der Waals surface area contributed by atoms with Crippen molar-refractivity contribution in [3.05, 3.63) is 35.4 Å². The first kappa shape index (κ1) is 15.9. The van der Waals surface area contributed by atoms with E-state index in [0.717, 1.165) is 31.6 Å². The second-order valence-electron chi connectivity index (χ2n) is 5.61. The van der Waals surface area contributed by atoms with Gasteiger partial charge in [0.05, 0.1) is 5.56 Å². The van der Waals surface area contributed by atoms with Gasteiger partial charge in [0.2, 0.25) is 0 Å². The SMILES string of the molecule is CC1CCCCN1CCCNC(=O)c1ccc(F)cc1F. The fourth-order valence-electron chi connectivity index (χ4n) is 2.74. The number of likely N-dealkylation sites (tertiary alicyclic amines) is 1. The van der Waals surface area contributed by atoms with Crippen LogP contribution in [0, 0.1) is 11.6 Å². The quantitative estimate of drug-likeness (QED) is 0.847. The van der Waals surface area contributed by atoms with Crippen molar-refractivity contribution in [3.63, 3.8) is 0 Å². The van der Waals surface area contributed by atoms with E-state index >= 15 is 0 Å². The molecule has 2 rings (SSSR count). The monoisotopic (exact) mass is 296 g/mol. The summed E-state index contributed by atoms with van der Waals surface area (Å²) >= 11 is 0. The molecule has 1 aromatic carbocycles. The van der Waals surface area contributed by atoms with Crippen LogP contribution < -0.4 is 5.32 Å². The van der Waals surface area contributed by atoms with E-state index in [2.05, 4.69) is 17.1 Å². The maximum atomic E-state index is 13.4. The Hall–Kier alpha value is -1.49. The topological polar surface area (TPSA) is 32.3 Å². The van der Waals surface area contributed by atoms with Crippen molar-refractivity contribution in [2.45, 2.75) is 38.6 Å². The Kier molecular flexibility index (Phi) is 5.67. The van der Waals surface area contributed by atoms with Gasteiger partial charge in [0.25, 0.3) is 5.91 Å². The predicted octanol–water partition coefficient (Wildman–Crippen LogP) is 2.96. The number of hydrogen-bond donors (Lipinski definition) is 1. The number of benzene rings is 1. The molecule has 1 amide bonds. The van der Waals surface area contributed by atoms with Crippen LogP contribution in [0.2, 0.25) is 0 Å². The van der Waals surface area contributed by atoms with Crippen molar-refractivity contribution >= 4 is 5.91 Å². The lowest BCUT2D eigenvalue weighted by Gasteiger charge is -2.33. The lowest BCUT2D eigenvalue weighted by Crippen LogP contribution is -2.39. The Labute approximate surface area is 124 Å². The molecule has 5 heteroatoms. The number of amides is 1. The summed E-state index contributed by atoms with van der Waals surface area (Å²) in [6, 6.07) is 3.59. The summed E-state index contributed by atoms with van der Waals surface area (Å²) in [6.45, 7) is 4.78. The smallest absolute Gasteiger partial charge is 0.254 e. The van der Waals surface area contributed by atoms with Crippen molar-refractivity contribution in [2.24, 2.45) is 0 Å². The Balaban J connectivity index is 1.74. The standard InChI is InChI=1S/C16H22F2N2O/c1-12-5-2-3-9-20(12)10-4-8-19-16(21)14-7-6-13(17)11-15(14)18/h6-7,11-12H,2-5,8-10H2,1H3,(H,19,21). The number of hydrogen-bond acceptors (Lipinski definition) is 2. The molecule has 0 aromatic heterocycles. The lowest BCUT2D eigenvalue weighted by molar-refractivity contribution is 0.0945. The third kappa shape index (κ3) is 4.49. The van der Waals surface area contributed by atoms with Crippen LogP contribution in [0.4, 0.5) is 8.78 Å². The largest absolute Gasteiger partial charge is 0.352 e. The van der Waals surface area contributed by atoms with Gasteiger partial charge in [-0.2, -0.15) is 0 Å². The zero-order chi connectivity index (χ0) is 15.2. The highest BCUT2D eigenvalue weighted by Crippen LogP contribution is 2.16. The van der Waals surface area contributed by atoms with Gasteiger partial charge in [0.1, 0.15) is 11.6 Å². The number of carbonyl (C=O) groups excluding carboxylic acids is 1. The van der Waals surface area contributed by atoms with Gasteiger partial charge in [-0.15, -0.1) is 0 Å². The first-order chi connectivity index (χ1) is 10.1. The van der Waals surface area contributed by atoms with Crippen LogP contribution >= 0.6 is 0 Å². The molecular weight excluding hydrogens is 274 g/mol. The zero-order valence-corrected chi connectivity index (χ0v) is 12.4. The summed E-state index contributed by atoms with van der Waals surface area (Å²) in [5, 5.41) is 2.69. The van der Waals surface area contributed by atoms with E-state index in [4.69, 9.17) is 0 Å². The Morgan fingerprint density at radius 2 is 2.19 bits per heavy atom. The maximum absolute atomic E-state index is 13.4. The maximum Gasteiger partial charge on any atom is 0.254 e. The van der Waals surface area contributed by atoms with E-state index in [9.17, 15) is 13.6 Å². The summed E-state index contributed by atoms with van der Waals surface area (Å²) < 4.78 is 26.2. The molecule has 0 aliphatic carbocycles. The highest BCUT2D eigenvalue weighted by Gasteiger charge is 2.17. The molecule has 1 fully saturated rings. The first-order valence-electron chi connectivity index (χ1n) is 7.55. The molecule has 1 N–H and O–H groups in total. The van der Waals surface area contributed by atoms with Gasteiger partial charge in [0.15, 0.2) is 0 Å². The van der Waals surface area contributed by atoms with Gasteiger partial charge >= 0.3 is 0 Å². The Morgan fingerprint density at radius 3 is 2.90 bits per heavy atom. The number of halogens is 2. The summed E-state index contributed by atoms with van der Waals surface area (Å²) in [5.41, 5.74) is -0.109. The molecular formula is C16H22F2N2O. The van der Waals surface area contributed by atoms with E-state index in [-0.39, 0.29) is 5.56 Å². The van der Waals surface area contributed by atoms with Gasteiger partial charge in [0, 0.05) is 25.2 Å². The van der Waals surface area contributed by atoms with Crippen LogP contribution in [0.1, 0.15) is 43.0 Å². The Morgan fingerprint density at radius 1 is 1.38 bits per heavy atom. The molecule has 0 radical (unpaired) electrons. The van der Waals surface area contributed by atoms with E-state index in [1.54, 1.807) is 0 Å². The molecule has 21 heavy (non-hydrogen) atoms. The summed E-state index contributed by atoms with van der Waals surface area (Å²) in [7, 11) is 0. The van der Waals surface area contributed by atoms with Crippen LogP contribution in [-0.4, -0.2) is 36.5 Å². The highest BCUT2D eigenvalue weighted by atomic mass is 19.1. The molecule has 1 unspecified atom stereocenters. The van der Waals surface area contributed by atoms with Gasteiger partial charge in [-0.1, -0.05) is 6.42 Å². The van der Waals surface area contributed by atoms with Crippen LogP contribution in [-0.2, 0) is 0 Å². The first-order valence-corrected chi connectivity index (χ1v) is 7.55. The van der Waals surface area contributed by atoms with Gasteiger partial charge in [-0.25, -0.2) is 8.78 Å². The van der Waals surface area contributed by atoms with Gasteiger partial charge in [-0.05, 0) is 44.9 Å². The molecule has 1 aliphatic rings. The molecule has 1 saturated heterocycles. The minimum absolute atomic E-state index is 0.109. The molecule has 1 aromatic rings. The van der Waals surface area contributed by atoms with Crippen LogP contribution in [0.3, 0.4) is 0 Å². The van der Waals surface area contributed by atoms with E-state index < -0.39 is 17.5 Å². The number of piperidine rings is 1. The van der Waals surface area contributed by atoms with Crippen LogP contribution in [0.5, 0.6) is 0 Å². The molecule has 1 atom stereocenters. The summed E-state index contributed by atoms with van der Waals surface area (Å²) in [4.78, 5) is 14.2. The van der Waals surface area contributed by atoms with Crippen LogP contribution in [0.25, 0.3) is 0 Å². The second-order valence-corrected chi connectivity index (χ2v) is 5.61. The number of rotatable bonds is 5. The fourth-order valence-corrected chi connectivity index (χ4v) is 2.74. The molecule has 0 saturated carbocycles. The van der Waals surface area contributed by atoms with E-state index in [1.165, 1.54) is 25.3 Å². The summed E-state index contributed by atoms with van der Waals surface area (Å²) in [5.74, 6) is -1.99. The van der Waals surface area contributed by atoms with Gasteiger partial charge < -0.3 is 10.2 Å². The minimum atomic E-state index is -0.822. The molecule has 3 nitrogen and oxygen atoms in total. The zero-order valence-electron chi connectivity index (χ0n) is 12.4. The second kappa shape index (κ2) is 7.50. The average Bonchev–Trinajstić information content (AvgIpc) is 2.45. The Bertz CT molecular complexity index is 493. The summed E-state index contributed by atoms with van der Waals surface area (Å²) in [6.07, 6.45) is 4.59. The van der Waals surface area contributed by atoms with E-state index in [0.29, 0.717) is 12.6 Å². The molecule has 0 spiro atoms. The number of carbonyl (C=O) groups is 1. The molecule has 116 valence electrons. The van der Waals surface area contributed by atoms with E-state index in [1.807, 2.05) is 0 Å². The normalized spacial score (nSPS) is 19.5. The van der Waals surface area contributed by atoms with Crippen molar-refractivity contribution in [1.29, 1.82) is 0 Å². The predicted molar refractivity (Wildman–Crippen MR) is 78.2 cm³/mol. The van der Waals surface area contributed by atoms with Crippen molar-refractivity contribution < 1.29 is 13.6 Å². The average molecular weight is 296 g/mol. The van der Waals surface area contributed by atoms with Crippen molar-refractivity contribution in [2.75, 3.05) is 19.6 Å². The lowest BCUT2D eigenvalue weighted by atomic mass is 10.0. The minimum Gasteiger partial charge on any atom is -0.352 e. The highest BCUT2D eigenvalue weighted by molar-refractivity contribution is 5.94. The molecule has 1 heterocycles. The molecule has 0 bridgehead atoms. The van der Waals surface area contributed by atoms with Crippen LogP contribution in [0.15, 0.2) is 18.2 Å². The third-order valence-electron chi connectivity index (χ3n) is 4.02. The van der Waals surface area contributed by atoms with Gasteiger partial charge in [-0.3, -0.25) is 4.79 Å². The third-order valence-corrected chi connectivity index (χ3v) is 4.02. The number of nitrogens with one attached hydrogen (secondary N) is 1. The van der Waals surface area contributed by atoms with Crippen molar-refractivity contribution in [3.8, 4) is 0 Å². The number of nitrogens with zero attached hydrogens (tertiary/aromatic N) is 1.